The van der Waals surface area contributed by atoms with Crippen LogP contribution in [-0.2, 0) is 0 Å². The van der Waals surface area contributed by atoms with Gasteiger partial charge in [-0.25, -0.2) is 0 Å². The second-order valence-corrected chi connectivity index (χ2v) is 4.87. The van der Waals surface area contributed by atoms with Gasteiger partial charge in [-0.15, -0.1) is 11.3 Å². The van der Waals surface area contributed by atoms with Crippen LogP contribution in [0.15, 0.2) is 17.5 Å². The van der Waals surface area contributed by atoms with Crippen LogP contribution in [-0.4, -0.2) is 29.4 Å². The Morgan fingerprint density at radius 3 is 2.73 bits per heavy atom. The Balaban J connectivity index is 2.31. The molecule has 1 rings (SSSR count). The Kier molecular flexibility index (Phi) is 5.25. The average molecular weight is 229 g/mol. The minimum atomic E-state index is -0.446. The molecule has 3 unspecified atom stereocenters. The molecular formula is C11H19NO2S. The molecule has 4 heteroatoms. The summed E-state index contributed by atoms with van der Waals surface area (Å²) >= 11 is 1.56. The summed E-state index contributed by atoms with van der Waals surface area (Å²) in [6.45, 7) is 4.70. The van der Waals surface area contributed by atoms with Crippen LogP contribution in [0.1, 0.15) is 24.8 Å². The van der Waals surface area contributed by atoms with E-state index in [0.717, 1.165) is 4.88 Å². The number of thiophene rings is 1. The maximum atomic E-state index is 9.80. The molecule has 0 bridgehead atoms. The highest BCUT2D eigenvalue weighted by Gasteiger charge is 2.13. The van der Waals surface area contributed by atoms with Crippen LogP contribution in [0.25, 0.3) is 0 Å². The average Bonchev–Trinajstić information content (AvgIpc) is 2.77. The molecule has 0 aliphatic heterocycles. The molecule has 0 amide bonds. The third-order valence-corrected chi connectivity index (χ3v) is 3.62. The number of nitrogens with one attached hydrogen (secondary N) is 1. The minimum absolute atomic E-state index is 0.170. The van der Waals surface area contributed by atoms with E-state index in [-0.39, 0.29) is 18.6 Å². The fourth-order valence-electron chi connectivity index (χ4n) is 1.24. The summed E-state index contributed by atoms with van der Waals surface area (Å²) in [5, 5.41) is 23.9. The molecule has 0 saturated heterocycles. The second-order valence-electron chi connectivity index (χ2n) is 3.89. The fraction of sp³-hybridized carbons (Fsp3) is 0.636. The van der Waals surface area contributed by atoms with E-state index in [1.165, 1.54) is 0 Å². The molecular weight excluding hydrogens is 210 g/mol. The Hall–Kier alpha value is -0.420. The third-order valence-electron chi connectivity index (χ3n) is 2.65. The maximum Gasteiger partial charge on any atom is 0.101 e. The molecule has 15 heavy (non-hydrogen) atoms. The zero-order chi connectivity index (χ0) is 11.3. The van der Waals surface area contributed by atoms with Crippen LogP contribution in [0.3, 0.4) is 0 Å². The maximum absolute atomic E-state index is 9.80. The third kappa shape index (κ3) is 3.91. The minimum Gasteiger partial charge on any atom is -0.396 e. The highest BCUT2D eigenvalue weighted by atomic mass is 32.1. The van der Waals surface area contributed by atoms with Crippen molar-refractivity contribution in [3.63, 3.8) is 0 Å². The molecule has 3 N–H and O–H groups in total. The predicted octanol–water partition coefficient (Wildman–Crippen LogP) is 1.39. The van der Waals surface area contributed by atoms with Crippen LogP contribution in [0.4, 0.5) is 0 Å². The van der Waals surface area contributed by atoms with Gasteiger partial charge in [0.1, 0.15) is 6.10 Å². The van der Waals surface area contributed by atoms with Gasteiger partial charge in [0.15, 0.2) is 0 Å². The lowest BCUT2D eigenvalue weighted by atomic mass is 10.1. The van der Waals surface area contributed by atoms with E-state index in [1.54, 1.807) is 11.3 Å². The first-order chi connectivity index (χ1) is 7.15. The van der Waals surface area contributed by atoms with E-state index in [0.29, 0.717) is 6.54 Å². The van der Waals surface area contributed by atoms with E-state index in [4.69, 9.17) is 5.11 Å². The molecule has 0 spiro atoms. The van der Waals surface area contributed by atoms with Crippen molar-refractivity contribution in [2.75, 3.05) is 13.2 Å². The van der Waals surface area contributed by atoms with Gasteiger partial charge in [-0.1, -0.05) is 13.0 Å². The van der Waals surface area contributed by atoms with Gasteiger partial charge in [0, 0.05) is 24.1 Å². The first-order valence-corrected chi connectivity index (χ1v) is 6.08. The monoisotopic (exact) mass is 229 g/mol. The summed E-state index contributed by atoms with van der Waals surface area (Å²) < 4.78 is 0. The van der Waals surface area contributed by atoms with Crippen LogP contribution >= 0.6 is 11.3 Å². The summed E-state index contributed by atoms with van der Waals surface area (Å²) in [5.74, 6) is 0.209. The van der Waals surface area contributed by atoms with Gasteiger partial charge in [0.05, 0.1) is 0 Å². The summed E-state index contributed by atoms with van der Waals surface area (Å²) in [5.41, 5.74) is 0. The highest BCUT2D eigenvalue weighted by Crippen LogP contribution is 2.18. The Morgan fingerprint density at radius 1 is 1.47 bits per heavy atom. The molecule has 0 radical (unpaired) electrons. The van der Waals surface area contributed by atoms with Gasteiger partial charge in [-0.3, -0.25) is 0 Å². The molecule has 0 aromatic carbocycles. The molecule has 0 fully saturated rings. The number of hydrogen-bond acceptors (Lipinski definition) is 4. The Bertz CT molecular complexity index is 264. The van der Waals surface area contributed by atoms with Crippen molar-refractivity contribution in [3.8, 4) is 0 Å². The molecule has 1 aromatic rings. The van der Waals surface area contributed by atoms with Gasteiger partial charge < -0.3 is 15.5 Å². The van der Waals surface area contributed by atoms with Crippen molar-refractivity contribution in [3.05, 3.63) is 22.4 Å². The largest absolute Gasteiger partial charge is 0.396 e. The predicted molar refractivity (Wildman–Crippen MR) is 63.0 cm³/mol. The summed E-state index contributed by atoms with van der Waals surface area (Å²) in [6.07, 6.45) is -0.446. The van der Waals surface area contributed by atoms with Crippen LogP contribution < -0.4 is 5.32 Å². The zero-order valence-corrected chi connectivity index (χ0v) is 10.00. The van der Waals surface area contributed by atoms with E-state index < -0.39 is 6.10 Å². The Labute approximate surface area is 94.8 Å². The molecule has 3 atom stereocenters. The SMILES string of the molecule is CC(CO)C(C)NCC(O)c1cccs1. The lowest BCUT2D eigenvalue weighted by molar-refractivity contribution is 0.157. The van der Waals surface area contributed by atoms with Gasteiger partial charge in [0.25, 0.3) is 0 Å². The summed E-state index contributed by atoms with van der Waals surface area (Å²) in [7, 11) is 0. The second kappa shape index (κ2) is 6.23. The normalized spacial score (nSPS) is 17.3. The van der Waals surface area contributed by atoms with Crippen LogP contribution in [0.2, 0.25) is 0 Å². The van der Waals surface area contributed by atoms with E-state index in [9.17, 15) is 5.11 Å². The molecule has 1 aromatic heterocycles. The number of aliphatic hydroxyl groups is 2. The topological polar surface area (TPSA) is 52.5 Å². The number of aliphatic hydroxyl groups excluding tert-OH is 2. The van der Waals surface area contributed by atoms with Gasteiger partial charge in [-0.05, 0) is 24.3 Å². The van der Waals surface area contributed by atoms with Crippen molar-refractivity contribution < 1.29 is 10.2 Å². The first-order valence-electron chi connectivity index (χ1n) is 5.21. The lowest BCUT2D eigenvalue weighted by Gasteiger charge is -2.20. The van der Waals surface area contributed by atoms with Gasteiger partial charge in [-0.2, -0.15) is 0 Å². The molecule has 0 aliphatic rings. The molecule has 0 aliphatic carbocycles. The van der Waals surface area contributed by atoms with Gasteiger partial charge >= 0.3 is 0 Å². The lowest BCUT2D eigenvalue weighted by Crippen LogP contribution is -2.36. The molecule has 86 valence electrons. The number of rotatable bonds is 6. The van der Waals surface area contributed by atoms with Crippen molar-refractivity contribution in [2.45, 2.75) is 26.0 Å². The Morgan fingerprint density at radius 2 is 2.20 bits per heavy atom. The van der Waals surface area contributed by atoms with E-state index in [1.807, 2.05) is 31.4 Å². The number of hydrogen-bond donors (Lipinski definition) is 3. The molecule has 3 nitrogen and oxygen atoms in total. The van der Waals surface area contributed by atoms with Crippen molar-refractivity contribution in [2.24, 2.45) is 5.92 Å². The molecule has 1 heterocycles. The standard InChI is InChI=1S/C11H19NO2S/c1-8(7-13)9(2)12-6-10(14)11-4-3-5-15-11/h3-5,8-10,12-14H,6-7H2,1-2H3. The quantitative estimate of drug-likeness (QED) is 0.691. The van der Waals surface area contributed by atoms with E-state index in [2.05, 4.69) is 5.32 Å². The van der Waals surface area contributed by atoms with Crippen molar-refractivity contribution >= 4 is 11.3 Å². The highest BCUT2D eigenvalue weighted by molar-refractivity contribution is 7.10. The molecule has 0 saturated carbocycles. The van der Waals surface area contributed by atoms with Gasteiger partial charge in [0.2, 0.25) is 0 Å². The van der Waals surface area contributed by atoms with Crippen molar-refractivity contribution in [1.29, 1.82) is 0 Å². The van der Waals surface area contributed by atoms with Crippen molar-refractivity contribution in [1.82, 2.24) is 5.32 Å². The van der Waals surface area contributed by atoms with Crippen LogP contribution in [0, 0.1) is 5.92 Å². The zero-order valence-electron chi connectivity index (χ0n) is 9.18. The summed E-state index contributed by atoms with van der Waals surface area (Å²) in [4.78, 5) is 0.978. The van der Waals surface area contributed by atoms with E-state index >= 15 is 0 Å². The first kappa shape index (κ1) is 12.6. The fourth-order valence-corrected chi connectivity index (χ4v) is 1.95. The smallest absolute Gasteiger partial charge is 0.101 e. The van der Waals surface area contributed by atoms with Crippen LogP contribution in [0.5, 0.6) is 0 Å². The summed E-state index contributed by atoms with van der Waals surface area (Å²) in [6, 6.07) is 4.07.